The monoisotopic (exact) mass is 196 g/mol. The van der Waals surface area contributed by atoms with Crippen LogP contribution >= 0.6 is 0 Å². The van der Waals surface area contributed by atoms with E-state index < -0.39 is 0 Å². The van der Waals surface area contributed by atoms with Gasteiger partial charge in [0, 0.05) is 0 Å². The van der Waals surface area contributed by atoms with Gasteiger partial charge in [0.25, 0.3) is 0 Å². The molecule has 0 amide bonds. The molecule has 0 spiro atoms. The predicted molar refractivity (Wildman–Crippen MR) is 59.0 cm³/mol. The summed E-state index contributed by atoms with van der Waals surface area (Å²) in [6.07, 6.45) is 8.27. The third-order valence-corrected chi connectivity index (χ3v) is 4.70. The molecule has 0 aromatic heterocycles. The molecule has 0 aromatic carbocycles. The number of aliphatic hydroxyl groups excluding tert-OH is 1. The topological polar surface area (TPSA) is 20.2 Å². The van der Waals surface area contributed by atoms with E-state index in [-0.39, 0.29) is 6.10 Å². The highest BCUT2D eigenvalue weighted by atomic mass is 16.3. The van der Waals surface area contributed by atoms with E-state index in [0.717, 1.165) is 24.2 Å². The van der Waals surface area contributed by atoms with Crippen LogP contribution in [0.3, 0.4) is 0 Å². The molecular formula is C13H24O. The van der Waals surface area contributed by atoms with Crippen molar-refractivity contribution in [3.8, 4) is 0 Å². The quantitative estimate of drug-likeness (QED) is 0.732. The van der Waals surface area contributed by atoms with Gasteiger partial charge in [-0.05, 0) is 56.3 Å². The summed E-state index contributed by atoms with van der Waals surface area (Å²) < 4.78 is 0. The SMILES string of the molecule is CCC(CC1CC2CCC1C2)C(C)O. The Morgan fingerprint density at radius 1 is 1.29 bits per heavy atom. The van der Waals surface area contributed by atoms with Crippen LogP contribution in [0, 0.1) is 23.7 Å². The lowest BCUT2D eigenvalue weighted by Crippen LogP contribution is -2.22. The molecule has 2 aliphatic rings. The Kier molecular flexibility index (Phi) is 3.16. The summed E-state index contributed by atoms with van der Waals surface area (Å²) in [5.41, 5.74) is 0. The summed E-state index contributed by atoms with van der Waals surface area (Å²) in [5.74, 6) is 3.58. The first-order valence-electron chi connectivity index (χ1n) is 6.38. The van der Waals surface area contributed by atoms with Crippen molar-refractivity contribution in [3.05, 3.63) is 0 Å². The number of rotatable bonds is 4. The lowest BCUT2D eigenvalue weighted by atomic mass is 9.80. The lowest BCUT2D eigenvalue weighted by molar-refractivity contribution is 0.0969. The minimum absolute atomic E-state index is 0.0980. The van der Waals surface area contributed by atoms with Crippen LogP contribution in [0.15, 0.2) is 0 Å². The van der Waals surface area contributed by atoms with E-state index in [1.54, 1.807) is 0 Å². The summed E-state index contributed by atoms with van der Waals surface area (Å²) in [6, 6.07) is 0. The second kappa shape index (κ2) is 4.22. The van der Waals surface area contributed by atoms with Gasteiger partial charge in [0.15, 0.2) is 0 Å². The maximum absolute atomic E-state index is 9.64. The van der Waals surface area contributed by atoms with E-state index >= 15 is 0 Å². The maximum atomic E-state index is 9.64. The molecule has 14 heavy (non-hydrogen) atoms. The highest BCUT2D eigenvalue weighted by molar-refractivity contribution is 4.91. The molecule has 2 fully saturated rings. The van der Waals surface area contributed by atoms with Crippen LogP contribution in [0.2, 0.25) is 0 Å². The van der Waals surface area contributed by atoms with E-state index in [9.17, 15) is 5.11 Å². The van der Waals surface area contributed by atoms with Crippen LogP contribution in [-0.2, 0) is 0 Å². The molecule has 2 saturated carbocycles. The Morgan fingerprint density at radius 3 is 2.50 bits per heavy atom. The number of hydrogen-bond donors (Lipinski definition) is 1. The van der Waals surface area contributed by atoms with Crippen LogP contribution in [-0.4, -0.2) is 11.2 Å². The molecule has 2 rings (SSSR count). The van der Waals surface area contributed by atoms with E-state index in [1.165, 1.54) is 32.1 Å². The van der Waals surface area contributed by atoms with Crippen molar-refractivity contribution in [3.63, 3.8) is 0 Å². The summed E-state index contributed by atoms with van der Waals surface area (Å²) in [4.78, 5) is 0. The minimum atomic E-state index is -0.0980. The van der Waals surface area contributed by atoms with Gasteiger partial charge >= 0.3 is 0 Å². The first-order valence-corrected chi connectivity index (χ1v) is 6.38. The molecular weight excluding hydrogens is 172 g/mol. The fraction of sp³-hybridized carbons (Fsp3) is 1.00. The van der Waals surface area contributed by atoms with Gasteiger partial charge in [0.1, 0.15) is 0 Å². The molecule has 5 unspecified atom stereocenters. The van der Waals surface area contributed by atoms with Gasteiger partial charge in [0.2, 0.25) is 0 Å². The molecule has 0 saturated heterocycles. The average Bonchev–Trinajstić information content (AvgIpc) is 2.74. The zero-order valence-electron chi connectivity index (χ0n) is 9.58. The smallest absolute Gasteiger partial charge is 0.0540 e. The molecule has 82 valence electrons. The van der Waals surface area contributed by atoms with Gasteiger partial charge in [0.05, 0.1) is 6.10 Å². The van der Waals surface area contributed by atoms with E-state index in [1.807, 2.05) is 6.92 Å². The van der Waals surface area contributed by atoms with Gasteiger partial charge in [-0.25, -0.2) is 0 Å². The summed E-state index contributed by atoms with van der Waals surface area (Å²) in [5, 5.41) is 9.64. The Labute approximate surface area is 87.9 Å². The Bertz CT molecular complexity index is 188. The summed E-state index contributed by atoms with van der Waals surface area (Å²) >= 11 is 0. The molecule has 1 N–H and O–H groups in total. The second-order valence-corrected chi connectivity index (χ2v) is 5.58. The van der Waals surface area contributed by atoms with Crippen LogP contribution in [0.5, 0.6) is 0 Å². The van der Waals surface area contributed by atoms with E-state index in [0.29, 0.717) is 5.92 Å². The van der Waals surface area contributed by atoms with Gasteiger partial charge in [-0.2, -0.15) is 0 Å². The van der Waals surface area contributed by atoms with Crippen LogP contribution in [0.1, 0.15) is 52.4 Å². The molecule has 2 bridgehead atoms. The van der Waals surface area contributed by atoms with Crippen molar-refractivity contribution in [1.29, 1.82) is 0 Å². The molecule has 2 aliphatic carbocycles. The Balaban J connectivity index is 1.85. The molecule has 1 heteroatoms. The number of fused-ring (bicyclic) bond motifs is 2. The van der Waals surface area contributed by atoms with E-state index in [2.05, 4.69) is 6.92 Å². The fourth-order valence-electron chi connectivity index (χ4n) is 3.76. The lowest BCUT2D eigenvalue weighted by Gasteiger charge is -2.27. The first kappa shape index (κ1) is 10.5. The van der Waals surface area contributed by atoms with Crippen molar-refractivity contribution < 1.29 is 5.11 Å². The van der Waals surface area contributed by atoms with Crippen LogP contribution < -0.4 is 0 Å². The third kappa shape index (κ3) is 1.98. The predicted octanol–water partition coefficient (Wildman–Crippen LogP) is 3.22. The Morgan fingerprint density at radius 2 is 2.07 bits per heavy atom. The zero-order valence-corrected chi connectivity index (χ0v) is 9.58. The van der Waals surface area contributed by atoms with Gasteiger partial charge in [-0.3, -0.25) is 0 Å². The van der Waals surface area contributed by atoms with Crippen LogP contribution in [0.4, 0.5) is 0 Å². The maximum Gasteiger partial charge on any atom is 0.0540 e. The normalized spacial score (nSPS) is 40.1. The van der Waals surface area contributed by atoms with Crippen molar-refractivity contribution in [2.75, 3.05) is 0 Å². The van der Waals surface area contributed by atoms with Gasteiger partial charge < -0.3 is 5.11 Å². The third-order valence-electron chi connectivity index (χ3n) is 4.70. The van der Waals surface area contributed by atoms with E-state index in [4.69, 9.17) is 0 Å². The molecule has 0 heterocycles. The first-order chi connectivity index (χ1) is 6.70. The molecule has 1 nitrogen and oxygen atoms in total. The highest BCUT2D eigenvalue weighted by Gasteiger charge is 2.40. The number of aliphatic hydroxyl groups is 1. The molecule has 0 aromatic rings. The average molecular weight is 196 g/mol. The van der Waals surface area contributed by atoms with Crippen LogP contribution in [0.25, 0.3) is 0 Å². The van der Waals surface area contributed by atoms with Crippen molar-refractivity contribution in [2.24, 2.45) is 23.7 Å². The zero-order chi connectivity index (χ0) is 10.1. The molecule has 0 radical (unpaired) electrons. The largest absolute Gasteiger partial charge is 0.393 e. The highest BCUT2D eigenvalue weighted by Crippen LogP contribution is 2.50. The second-order valence-electron chi connectivity index (χ2n) is 5.58. The minimum Gasteiger partial charge on any atom is -0.393 e. The van der Waals surface area contributed by atoms with Crippen molar-refractivity contribution >= 4 is 0 Å². The van der Waals surface area contributed by atoms with Gasteiger partial charge in [-0.1, -0.05) is 19.8 Å². The molecule has 5 atom stereocenters. The summed E-state index contributed by atoms with van der Waals surface area (Å²) in [7, 11) is 0. The number of hydrogen-bond acceptors (Lipinski definition) is 1. The standard InChI is InChI=1S/C13H24O/c1-3-11(9(2)14)8-13-7-10-4-5-12(13)6-10/h9-14H,3-8H2,1-2H3. The van der Waals surface area contributed by atoms with Gasteiger partial charge in [-0.15, -0.1) is 0 Å². The summed E-state index contributed by atoms with van der Waals surface area (Å²) in [6.45, 7) is 4.17. The van der Waals surface area contributed by atoms with Crippen molar-refractivity contribution in [2.45, 2.75) is 58.5 Å². The Hall–Kier alpha value is -0.0400. The molecule has 0 aliphatic heterocycles. The fourth-order valence-corrected chi connectivity index (χ4v) is 3.76. The van der Waals surface area contributed by atoms with Crippen molar-refractivity contribution in [1.82, 2.24) is 0 Å².